The molecular weight excluding hydrogens is 1290 g/mol. The molecule has 0 spiro atoms. The first-order valence-corrected chi connectivity index (χ1v) is 46.5. The summed E-state index contributed by atoms with van der Waals surface area (Å²) < 4.78 is 0. The Bertz CT molecular complexity index is 4830. The summed E-state index contributed by atoms with van der Waals surface area (Å²) in [5.74, 6) is -1.60. The number of benzene rings is 12. The van der Waals surface area contributed by atoms with Crippen molar-refractivity contribution in [3.05, 3.63) is 288 Å². The van der Waals surface area contributed by atoms with E-state index < -0.39 is 55.9 Å². The molecule has 10 nitrogen and oxygen atoms in total. The molecule has 14 heteroatoms. The van der Waals surface area contributed by atoms with E-state index >= 15 is 19.2 Å². The number of carbonyl (C=O) groups is 4. The number of nitrogens with zero attached hydrogens (tertiary/aromatic N) is 6. The zero-order valence-electron chi connectivity index (χ0n) is 57.6. The van der Waals surface area contributed by atoms with E-state index in [1.807, 2.05) is 50.2 Å². The lowest BCUT2D eigenvalue weighted by Crippen LogP contribution is -2.58. The van der Waals surface area contributed by atoms with Gasteiger partial charge >= 0.3 is 0 Å². The lowest BCUT2D eigenvalue weighted by molar-refractivity contribution is 0.0910. The van der Waals surface area contributed by atoms with Crippen molar-refractivity contribution in [3.8, 4) is 11.1 Å². The van der Waals surface area contributed by atoms with Crippen LogP contribution >= 0.6 is 0 Å². The minimum Gasteiger partial charge on any atom is -0.310 e. The van der Waals surface area contributed by atoms with Crippen LogP contribution in [-0.2, 0) is 0 Å². The summed E-state index contributed by atoms with van der Waals surface area (Å²) in [6.45, 7) is 23.0. The molecule has 4 amide bonds. The number of aryl methyl sites for hydroxylation is 2. The normalized spacial score (nSPS) is 16.6. The summed E-state index contributed by atoms with van der Waals surface area (Å²) in [6, 6.07) is 88.4. The van der Waals surface area contributed by atoms with Crippen LogP contribution in [0, 0.1) is 13.8 Å². The monoisotopic (exact) mass is 1360 g/mol. The van der Waals surface area contributed by atoms with Crippen LogP contribution < -0.4 is 70.9 Å². The van der Waals surface area contributed by atoms with Crippen LogP contribution in [-0.4, -0.2) is 55.9 Å². The molecule has 0 unspecified atom stereocenters. The van der Waals surface area contributed by atoms with Gasteiger partial charge in [0.1, 0.15) is 32.3 Å². The first kappa shape index (κ1) is 61.3. The molecule has 486 valence electrons. The standard InChI is InChI=1S/C86H72N6O4Si4/c1-53-51-55(43-45-57(53)91-83(93)79-67(87-59-27-11-19-35-71(59)97(3,4)72-36-20-12-28-60(72)87)47-48-68(80(79)84(91)94)88-61-29-13-21-37-73(61)98(5,6)74-38-22-14-30-62(74)88)56-44-46-58(54(2)52-56)92-85(95)81-69(89-63-31-15-23-39-75(63)99(7,8)76-40-24-16-32-64(76)89)49-50-70(82(81)86(92)96)90-65-33-17-25-41-77(65)100(9,10)78-42-26-18-34-66(78)90/h11-52H,1-10H3. The van der Waals surface area contributed by atoms with E-state index in [1.165, 1.54) is 51.3 Å². The molecule has 100 heavy (non-hydrogen) atoms. The minimum absolute atomic E-state index is 0.347. The quantitative estimate of drug-likeness (QED) is 0.115. The van der Waals surface area contributed by atoms with Crippen LogP contribution in [0.1, 0.15) is 52.6 Å². The number of para-hydroxylation sites is 8. The predicted molar refractivity (Wildman–Crippen MR) is 422 cm³/mol. The maximum absolute atomic E-state index is 16.2. The van der Waals surface area contributed by atoms with Crippen molar-refractivity contribution in [1.82, 2.24) is 0 Å². The SMILES string of the molecule is Cc1cc(-c2ccc(N3C(=O)c4c(N5c6ccccc6[Si](C)(C)c6ccccc65)ccc(N5c6ccccc6[Si](C)(C)c6ccccc65)c4C3=O)c(C)c2)ccc1N1C(=O)c2c(N3c4ccccc4[Si](C)(C)c4ccccc43)ccc(N3c4ccccc4[Si](C)(C)c4ccccc43)c2C1=O. The third kappa shape index (κ3) is 8.38. The van der Waals surface area contributed by atoms with Gasteiger partial charge in [-0.25, -0.2) is 9.80 Å². The molecule has 0 bridgehead atoms. The molecule has 0 saturated carbocycles. The highest BCUT2D eigenvalue weighted by atomic mass is 28.3. The fraction of sp³-hybridized carbons (Fsp3) is 0.116. The van der Waals surface area contributed by atoms with Gasteiger partial charge in [-0.1, -0.05) is 210 Å². The second kappa shape index (κ2) is 21.7. The van der Waals surface area contributed by atoms with Gasteiger partial charge in [0.2, 0.25) is 0 Å². The Hall–Kier alpha value is -11.0. The average Bonchev–Trinajstić information content (AvgIpc) is 1.26. The van der Waals surface area contributed by atoms with E-state index in [-0.39, 0.29) is 0 Å². The second-order valence-electron chi connectivity index (χ2n) is 29.6. The van der Waals surface area contributed by atoms with Gasteiger partial charge in [-0.05, 0) is 175 Å². The Morgan fingerprint density at radius 2 is 0.370 bits per heavy atom. The largest absolute Gasteiger partial charge is 0.310 e. The van der Waals surface area contributed by atoms with E-state index in [0.29, 0.717) is 56.4 Å². The molecule has 12 aromatic rings. The molecule has 0 saturated heterocycles. The summed E-state index contributed by atoms with van der Waals surface area (Å²) >= 11 is 0. The summed E-state index contributed by atoms with van der Waals surface area (Å²) in [5, 5.41) is 10.0. The molecule has 0 radical (unpaired) electrons. The van der Waals surface area contributed by atoms with E-state index in [9.17, 15) is 0 Å². The first-order valence-electron chi connectivity index (χ1n) is 34.5. The Morgan fingerprint density at radius 1 is 0.200 bits per heavy atom. The smallest absolute Gasteiger partial charge is 0.268 e. The molecule has 12 aromatic carbocycles. The molecule has 0 aromatic heterocycles. The number of hydrogen-bond donors (Lipinski definition) is 0. The lowest BCUT2D eigenvalue weighted by atomic mass is 9.99. The van der Waals surface area contributed by atoms with Gasteiger partial charge < -0.3 is 19.6 Å². The van der Waals surface area contributed by atoms with Gasteiger partial charge in [0, 0.05) is 45.5 Å². The summed E-state index contributed by atoms with van der Waals surface area (Å²) in [4.78, 5) is 76.5. The number of amides is 4. The highest BCUT2D eigenvalue weighted by molar-refractivity contribution is 7.04. The van der Waals surface area contributed by atoms with Crippen LogP contribution in [0.15, 0.2) is 255 Å². The van der Waals surface area contributed by atoms with Crippen molar-refractivity contribution in [3.63, 3.8) is 0 Å². The molecule has 6 heterocycles. The van der Waals surface area contributed by atoms with Crippen LogP contribution in [0.2, 0.25) is 52.4 Å². The number of fused-ring (bicyclic) bond motifs is 10. The maximum atomic E-state index is 16.2. The zero-order valence-corrected chi connectivity index (χ0v) is 61.6. The third-order valence-corrected chi connectivity index (χ3v) is 36.9. The summed E-state index contributed by atoms with van der Waals surface area (Å²) in [7, 11) is -8.95. The van der Waals surface area contributed by atoms with Gasteiger partial charge in [0.05, 0.1) is 56.4 Å². The Balaban J connectivity index is 0.751. The van der Waals surface area contributed by atoms with Crippen molar-refractivity contribution in [2.75, 3.05) is 29.4 Å². The number of imide groups is 2. The molecule has 0 atom stereocenters. The van der Waals surface area contributed by atoms with Crippen molar-refractivity contribution in [1.29, 1.82) is 0 Å². The van der Waals surface area contributed by atoms with E-state index in [2.05, 4.69) is 290 Å². The van der Waals surface area contributed by atoms with Crippen LogP contribution in [0.25, 0.3) is 11.1 Å². The molecular formula is C86H72N6O4Si4. The van der Waals surface area contributed by atoms with Gasteiger partial charge in [0.25, 0.3) is 23.6 Å². The molecule has 6 aliphatic rings. The van der Waals surface area contributed by atoms with Crippen molar-refractivity contribution < 1.29 is 19.2 Å². The molecule has 6 aliphatic heterocycles. The highest BCUT2D eigenvalue weighted by Crippen LogP contribution is 2.53. The van der Waals surface area contributed by atoms with Crippen molar-refractivity contribution in [2.24, 2.45) is 0 Å². The van der Waals surface area contributed by atoms with E-state index in [4.69, 9.17) is 0 Å². The topological polar surface area (TPSA) is 87.7 Å². The fourth-order valence-corrected chi connectivity index (χ4v) is 29.7. The van der Waals surface area contributed by atoms with Gasteiger partial charge in [-0.15, -0.1) is 0 Å². The first-order chi connectivity index (χ1) is 48.2. The zero-order chi connectivity index (χ0) is 68.8. The Kier molecular flexibility index (Phi) is 13.3. The maximum Gasteiger partial charge on any atom is 0.268 e. The van der Waals surface area contributed by atoms with Gasteiger partial charge in [0.15, 0.2) is 0 Å². The second-order valence-corrected chi connectivity index (χ2v) is 46.9. The minimum atomic E-state index is -2.24. The van der Waals surface area contributed by atoms with E-state index in [1.54, 1.807) is 0 Å². The van der Waals surface area contributed by atoms with Gasteiger partial charge in [-0.2, -0.15) is 0 Å². The Morgan fingerprint density at radius 3 is 0.550 bits per heavy atom. The predicted octanol–water partition coefficient (Wildman–Crippen LogP) is 16.0. The van der Waals surface area contributed by atoms with E-state index in [0.717, 1.165) is 67.8 Å². The highest BCUT2D eigenvalue weighted by Gasteiger charge is 2.51. The van der Waals surface area contributed by atoms with Crippen LogP contribution in [0.4, 0.5) is 79.6 Å². The van der Waals surface area contributed by atoms with Crippen LogP contribution in [0.3, 0.4) is 0 Å². The molecule has 0 N–H and O–H groups in total. The summed E-state index contributed by atoms with van der Waals surface area (Å²) in [5.41, 5.74) is 16.1. The molecule has 0 aliphatic carbocycles. The van der Waals surface area contributed by atoms with Crippen LogP contribution in [0.5, 0.6) is 0 Å². The lowest BCUT2D eigenvalue weighted by Gasteiger charge is -2.42. The van der Waals surface area contributed by atoms with Crippen molar-refractivity contribution >= 4 is 177 Å². The third-order valence-electron chi connectivity index (χ3n) is 22.7. The average molecular weight is 1370 g/mol. The van der Waals surface area contributed by atoms with Crippen molar-refractivity contribution in [2.45, 2.75) is 66.2 Å². The number of carbonyl (C=O) groups excluding carboxylic acids is 4. The number of hydrogen-bond acceptors (Lipinski definition) is 8. The van der Waals surface area contributed by atoms with Gasteiger partial charge in [-0.3, -0.25) is 19.2 Å². The molecule has 18 rings (SSSR count). The fourth-order valence-electron chi connectivity index (χ4n) is 17.7. The molecule has 0 fully saturated rings. The summed E-state index contributed by atoms with van der Waals surface area (Å²) in [6.07, 6.45) is 0. The number of anilines is 14. The Labute approximate surface area is 587 Å². The number of rotatable bonds is 7.